The monoisotopic (exact) mass is 344 g/mol. The van der Waals surface area contributed by atoms with Crippen molar-refractivity contribution in [3.63, 3.8) is 0 Å². The first-order chi connectivity index (χ1) is 12.6. The fourth-order valence-electron chi connectivity index (χ4n) is 3.35. The molecule has 6 heteroatoms. The summed E-state index contributed by atoms with van der Waals surface area (Å²) in [7, 11) is 0. The van der Waals surface area contributed by atoms with Gasteiger partial charge in [0.1, 0.15) is 0 Å². The Morgan fingerprint density at radius 2 is 1.35 bits per heavy atom. The van der Waals surface area contributed by atoms with Gasteiger partial charge in [0.25, 0.3) is 0 Å². The van der Waals surface area contributed by atoms with E-state index in [1.807, 2.05) is 30.3 Å². The van der Waals surface area contributed by atoms with Gasteiger partial charge >= 0.3 is 11.4 Å². The third kappa shape index (κ3) is 2.36. The van der Waals surface area contributed by atoms with E-state index in [1.54, 1.807) is 36.4 Å². The fraction of sp³-hybridized carbons (Fsp3) is 0. The highest BCUT2D eigenvalue weighted by atomic mass is 16.6. The summed E-state index contributed by atoms with van der Waals surface area (Å²) in [6.07, 6.45) is 0. The number of benzene rings is 4. The summed E-state index contributed by atoms with van der Waals surface area (Å²) in [4.78, 5) is 22.0. The Bertz CT molecular complexity index is 1190. The van der Waals surface area contributed by atoms with Gasteiger partial charge in [-0.3, -0.25) is 20.2 Å². The minimum atomic E-state index is -0.689. The Morgan fingerprint density at radius 1 is 0.654 bits per heavy atom. The molecule has 26 heavy (non-hydrogen) atoms. The predicted octanol–water partition coefficient (Wildman–Crippen LogP) is 5.48. The zero-order valence-electron chi connectivity index (χ0n) is 13.5. The standard InChI is InChI=1S/C20H12N2O4/c23-21(24)18-12-17-15-9-5-4-6-13(15)10-11-16(17)19(20(18)22(25)26)14-7-2-1-3-8-14/h1-12H. The molecule has 0 amide bonds. The normalized spacial score (nSPS) is 10.9. The van der Waals surface area contributed by atoms with E-state index >= 15 is 0 Å². The molecule has 0 saturated carbocycles. The van der Waals surface area contributed by atoms with Crippen molar-refractivity contribution < 1.29 is 9.85 Å². The lowest BCUT2D eigenvalue weighted by Crippen LogP contribution is -2.00. The van der Waals surface area contributed by atoms with Crippen molar-refractivity contribution >= 4 is 32.9 Å². The molecule has 0 aliphatic rings. The first kappa shape index (κ1) is 15.7. The number of rotatable bonds is 3. The second kappa shape index (κ2) is 5.93. The number of hydrogen-bond acceptors (Lipinski definition) is 4. The number of nitro groups is 2. The van der Waals surface area contributed by atoms with Crippen LogP contribution in [0.25, 0.3) is 32.7 Å². The van der Waals surface area contributed by atoms with Crippen molar-refractivity contribution in [3.05, 3.63) is 93.0 Å². The summed E-state index contributed by atoms with van der Waals surface area (Å²) in [5.74, 6) is 0. The molecule has 6 nitrogen and oxygen atoms in total. The van der Waals surface area contributed by atoms with Crippen LogP contribution in [0.5, 0.6) is 0 Å². The molecule has 0 N–H and O–H groups in total. The van der Waals surface area contributed by atoms with Crippen LogP contribution in [0.3, 0.4) is 0 Å². The number of hydrogen-bond donors (Lipinski definition) is 0. The summed E-state index contributed by atoms with van der Waals surface area (Å²) in [5.41, 5.74) is -0.143. The average molecular weight is 344 g/mol. The van der Waals surface area contributed by atoms with Crippen molar-refractivity contribution in [3.8, 4) is 11.1 Å². The fourth-order valence-corrected chi connectivity index (χ4v) is 3.35. The Labute approximate surface area is 147 Å². The van der Waals surface area contributed by atoms with Crippen LogP contribution >= 0.6 is 0 Å². The van der Waals surface area contributed by atoms with Crippen molar-refractivity contribution in [1.82, 2.24) is 0 Å². The lowest BCUT2D eigenvalue weighted by molar-refractivity contribution is -0.421. The first-order valence-corrected chi connectivity index (χ1v) is 7.90. The largest absolute Gasteiger partial charge is 0.354 e. The minimum absolute atomic E-state index is 0.269. The molecule has 126 valence electrons. The Morgan fingerprint density at radius 3 is 2.04 bits per heavy atom. The molecule has 0 spiro atoms. The van der Waals surface area contributed by atoms with Crippen LogP contribution in [0.1, 0.15) is 0 Å². The minimum Gasteiger partial charge on any atom is -0.258 e. The molecule has 0 aromatic heterocycles. The molecule has 4 aromatic carbocycles. The molecule has 0 unspecified atom stereocenters. The lowest BCUT2D eigenvalue weighted by Gasteiger charge is -2.11. The van der Waals surface area contributed by atoms with Gasteiger partial charge in [0.2, 0.25) is 0 Å². The molecule has 0 heterocycles. The van der Waals surface area contributed by atoms with Crippen LogP contribution in [0.15, 0.2) is 72.8 Å². The smallest absolute Gasteiger partial charge is 0.258 e. The third-order valence-corrected chi connectivity index (χ3v) is 4.44. The van der Waals surface area contributed by atoms with E-state index in [9.17, 15) is 20.2 Å². The maximum absolute atomic E-state index is 11.7. The van der Waals surface area contributed by atoms with Crippen molar-refractivity contribution in [2.45, 2.75) is 0 Å². The molecule has 0 fully saturated rings. The van der Waals surface area contributed by atoms with Crippen molar-refractivity contribution in [1.29, 1.82) is 0 Å². The van der Waals surface area contributed by atoms with Crippen LogP contribution in [0.4, 0.5) is 11.4 Å². The number of fused-ring (bicyclic) bond motifs is 3. The van der Waals surface area contributed by atoms with E-state index in [2.05, 4.69) is 0 Å². The predicted molar refractivity (Wildman–Crippen MR) is 100 cm³/mol. The molecule has 0 bridgehead atoms. The van der Waals surface area contributed by atoms with Gasteiger partial charge in [0.15, 0.2) is 0 Å². The molecule has 0 radical (unpaired) electrons. The van der Waals surface area contributed by atoms with Gasteiger partial charge in [-0.2, -0.15) is 0 Å². The third-order valence-electron chi connectivity index (χ3n) is 4.44. The summed E-state index contributed by atoms with van der Waals surface area (Å²) in [6.45, 7) is 0. The summed E-state index contributed by atoms with van der Waals surface area (Å²) >= 11 is 0. The van der Waals surface area contributed by atoms with E-state index in [4.69, 9.17) is 0 Å². The van der Waals surface area contributed by atoms with E-state index < -0.39 is 21.2 Å². The number of nitrogens with zero attached hydrogens (tertiary/aromatic N) is 2. The molecular weight excluding hydrogens is 332 g/mol. The van der Waals surface area contributed by atoms with Gasteiger partial charge < -0.3 is 0 Å². The Hall–Kier alpha value is -3.80. The van der Waals surface area contributed by atoms with E-state index in [1.165, 1.54) is 6.07 Å². The quantitative estimate of drug-likeness (QED) is 0.280. The Balaban J connectivity index is 2.28. The highest BCUT2D eigenvalue weighted by Gasteiger charge is 2.32. The molecule has 4 aromatic rings. The second-order valence-corrected chi connectivity index (χ2v) is 5.88. The van der Waals surface area contributed by atoms with Gasteiger partial charge in [0, 0.05) is 6.07 Å². The summed E-state index contributed by atoms with van der Waals surface area (Å²) in [5, 5.41) is 26.3. The van der Waals surface area contributed by atoms with Gasteiger partial charge in [0.05, 0.1) is 15.4 Å². The zero-order valence-corrected chi connectivity index (χ0v) is 13.5. The second-order valence-electron chi connectivity index (χ2n) is 5.88. The maximum atomic E-state index is 11.7. The SMILES string of the molecule is O=[N+]([O-])c1cc2c(ccc3ccccc32)c(-c2ccccc2)c1[N+](=O)[O-]. The number of nitro benzene ring substituents is 2. The zero-order chi connectivity index (χ0) is 18.3. The molecule has 0 atom stereocenters. The molecule has 0 aliphatic carbocycles. The first-order valence-electron chi connectivity index (χ1n) is 7.90. The van der Waals surface area contributed by atoms with Crippen LogP contribution < -0.4 is 0 Å². The van der Waals surface area contributed by atoms with E-state index in [-0.39, 0.29) is 5.56 Å². The highest BCUT2D eigenvalue weighted by Crippen LogP contribution is 2.44. The maximum Gasteiger partial charge on any atom is 0.354 e. The molecule has 4 rings (SSSR count). The van der Waals surface area contributed by atoms with E-state index in [0.717, 1.165) is 10.8 Å². The van der Waals surface area contributed by atoms with Crippen molar-refractivity contribution in [2.24, 2.45) is 0 Å². The van der Waals surface area contributed by atoms with Gasteiger partial charge in [-0.25, -0.2) is 0 Å². The van der Waals surface area contributed by atoms with E-state index in [0.29, 0.717) is 16.3 Å². The lowest BCUT2D eigenvalue weighted by atomic mass is 9.92. The van der Waals surface area contributed by atoms with Gasteiger partial charge in [-0.1, -0.05) is 66.7 Å². The van der Waals surface area contributed by atoms with Gasteiger partial charge in [-0.05, 0) is 27.1 Å². The molecule has 0 saturated heterocycles. The van der Waals surface area contributed by atoms with Crippen LogP contribution in [0.2, 0.25) is 0 Å². The molecule has 0 aliphatic heterocycles. The summed E-state index contributed by atoms with van der Waals surface area (Å²) < 4.78 is 0. The molecular formula is C20H12N2O4. The highest BCUT2D eigenvalue weighted by molar-refractivity contribution is 6.15. The summed E-state index contributed by atoms with van der Waals surface area (Å²) in [6, 6.07) is 21.2. The Kier molecular flexibility index (Phi) is 3.58. The van der Waals surface area contributed by atoms with Crippen LogP contribution in [-0.2, 0) is 0 Å². The average Bonchev–Trinajstić information content (AvgIpc) is 2.66. The van der Waals surface area contributed by atoms with Crippen molar-refractivity contribution in [2.75, 3.05) is 0 Å². The topological polar surface area (TPSA) is 86.3 Å². The van der Waals surface area contributed by atoms with Gasteiger partial charge in [-0.15, -0.1) is 0 Å². The van der Waals surface area contributed by atoms with Crippen LogP contribution in [0, 0.1) is 20.2 Å². The van der Waals surface area contributed by atoms with Crippen LogP contribution in [-0.4, -0.2) is 9.85 Å².